The molecule has 2 unspecified atom stereocenters. The Morgan fingerprint density at radius 2 is 2.18 bits per heavy atom. The highest BCUT2D eigenvalue weighted by Gasteiger charge is 2.34. The topological polar surface area (TPSA) is 26.3 Å². The van der Waals surface area contributed by atoms with Crippen LogP contribution in [0.2, 0.25) is 0 Å². The molecular formula is C15H18O2. The second-order valence-corrected chi connectivity index (χ2v) is 5.19. The van der Waals surface area contributed by atoms with E-state index in [2.05, 4.69) is 25.1 Å². The molecular weight excluding hydrogens is 212 g/mol. The predicted octanol–water partition coefficient (Wildman–Crippen LogP) is 3.09. The number of Topliss-reactive ketones (excluding diaryl/α,β-unsaturated/α-hetero) is 1. The minimum Gasteiger partial charge on any atom is -0.493 e. The largest absolute Gasteiger partial charge is 0.493 e. The predicted molar refractivity (Wildman–Crippen MR) is 66.4 cm³/mol. The summed E-state index contributed by atoms with van der Waals surface area (Å²) in [6.45, 7) is 2.88. The molecule has 2 atom stereocenters. The van der Waals surface area contributed by atoms with Gasteiger partial charge in [0.1, 0.15) is 11.5 Å². The van der Waals surface area contributed by atoms with Crippen molar-refractivity contribution in [2.75, 3.05) is 6.61 Å². The molecule has 1 saturated carbocycles. The molecule has 1 aliphatic carbocycles. The summed E-state index contributed by atoms with van der Waals surface area (Å²) in [5, 5.41) is 0. The molecule has 2 nitrogen and oxygen atoms in total. The lowest BCUT2D eigenvalue weighted by Crippen LogP contribution is -2.14. The maximum absolute atomic E-state index is 11.7. The Labute approximate surface area is 102 Å². The molecule has 2 aliphatic rings. The number of rotatable bonds is 1. The van der Waals surface area contributed by atoms with E-state index in [4.69, 9.17) is 4.74 Å². The van der Waals surface area contributed by atoms with Gasteiger partial charge in [0.15, 0.2) is 0 Å². The first-order valence-corrected chi connectivity index (χ1v) is 6.54. The number of ether oxygens (including phenoxy) is 1. The Morgan fingerprint density at radius 3 is 2.94 bits per heavy atom. The lowest BCUT2D eigenvalue weighted by molar-refractivity contribution is -0.120. The molecule has 1 aliphatic heterocycles. The smallest absolute Gasteiger partial charge is 0.136 e. The summed E-state index contributed by atoms with van der Waals surface area (Å²) >= 11 is 0. The minimum absolute atomic E-state index is 0.159. The van der Waals surface area contributed by atoms with Crippen LogP contribution in [0.5, 0.6) is 5.75 Å². The van der Waals surface area contributed by atoms with Crippen LogP contribution in [-0.2, 0) is 11.2 Å². The molecule has 1 aromatic rings. The second-order valence-electron chi connectivity index (χ2n) is 5.19. The fraction of sp³-hybridized carbons (Fsp3) is 0.533. The SMILES string of the molecule is CC1C(=O)CCC1c1cccc2c1OCCC2. The fourth-order valence-electron chi connectivity index (χ4n) is 3.13. The number of hydrogen-bond donors (Lipinski definition) is 0. The Balaban J connectivity index is 2.00. The van der Waals surface area contributed by atoms with Crippen LogP contribution in [0.15, 0.2) is 18.2 Å². The lowest BCUT2D eigenvalue weighted by atomic mass is 9.87. The van der Waals surface area contributed by atoms with E-state index >= 15 is 0 Å². The highest BCUT2D eigenvalue weighted by atomic mass is 16.5. The molecule has 0 spiro atoms. The first-order chi connectivity index (χ1) is 8.27. The molecule has 0 bridgehead atoms. The number of carbonyl (C=O) groups excluding carboxylic acids is 1. The molecule has 1 fully saturated rings. The molecule has 0 radical (unpaired) electrons. The van der Waals surface area contributed by atoms with Crippen molar-refractivity contribution in [3.05, 3.63) is 29.3 Å². The van der Waals surface area contributed by atoms with Gasteiger partial charge in [-0.3, -0.25) is 4.79 Å². The van der Waals surface area contributed by atoms with Crippen molar-refractivity contribution in [2.45, 2.75) is 38.5 Å². The summed E-state index contributed by atoms with van der Waals surface area (Å²) in [6, 6.07) is 6.40. The first-order valence-electron chi connectivity index (χ1n) is 6.54. The Morgan fingerprint density at radius 1 is 1.29 bits per heavy atom. The van der Waals surface area contributed by atoms with Crippen molar-refractivity contribution in [3.8, 4) is 5.75 Å². The summed E-state index contributed by atoms with van der Waals surface area (Å²) in [5.41, 5.74) is 2.58. The highest BCUT2D eigenvalue weighted by molar-refractivity contribution is 5.84. The fourth-order valence-corrected chi connectivity index (χ4v) is 3.13. The molecule has 0 amide bonds. The maximum atomic E-state index is 11.7. The molecule has 1 aromatic carbocycles. The zero-order valence-corrected chi connectivity index (χ0v) is 10.2. The van der Waals surface area contributed by atoms with E-state index in [9.17, 15) is 4.79 Å². The summed E-state index contributed by atoms with van der Waals surface area (Å²) in [4.78, 5) is 11.7. The first kappa shape index (κ1) is 10.8. The number of fused-ring (bicyclic) bond motifs is 1. The average molecular weight is 230 g/mol. The summed E-state index contributed by atoms with van der Waals surface area (Å²) in [7, 11) is 0. The number of hydrogen-bond acceptors (Lipinski definition) is 2. The van der Waals surface area contributed by atoms with Crippen molar-refractivity contribution in [1.29, 1.82) is 0 Å². The second kappa shape index (κ2) is 4.17. The van der Waals surface area contributed by atoms with Crippen LogP contribution >= 0.6 is 0 Å². The molecule has 17 heavy (non-hydrogen) atoms. The quantitative estimate of drug-likeness (QED) is 0.741. The van der Waals surface area contributed by atoms with Gasteiger partial charge in [0.25, 0.3) is 0 Å². The zero-order valence-electron chi connectivity index (χ0n) is 10.2. The van der Waals surface area contributed by atoms with Gasteiger partial charge < -0.3 is 4.74 Å². The van der Waals surface area contributed by atoms with Crippen LogP contribution in [0, 0.1) is 5.92 Å². The molecule has 3 rings (SSSR count). The summed E-state index contributed by atoms with van der Waals surface area (Å²) in [5.74, 6) is 2.01. The van der Waals surface area contributed by atoms with Crippen molar-refractivity contribution >= 4 is 5.78 Å². The number of aryl methyl sites for hydroxylation is 1. The van der Waals surface area contributed by atoms with Crippen molar-refractivity contribution < 1.29 is 9.53 Å². The highest BCUT2D eigenvalue weighted by Crippen LogP contribution is 2.43. The normalized spacial score (nSPS) is 27.7. The van der Waals surface area contributed by atoms with Crippen LogP contribution in [0.4, 0.5) is 0 Å². The van der Waals surface area contributed by atoms with Gasteiger partial charge in [0, 0.05) is 12.3 Å². The number of carbonyl (C=O) groups is 1. The van der Waals surface area contributed by atoms with Crippen LogP contribution in [0.3, 0.4) is 0 Å². The third kappa shape index (κ3) is 1.76. The Kier molecular flexibility index (Phi) is 2.65. The Hall–Kier alpha value is -1.31. The maximum Gasteiger partial charge on any atom is 0.136 e. The van der Waals surface area contributed by atoms with E-state index in [1.807, 2.05) is 0 Å². The zero-order chi connectivity index (χ0) is 11.8. The summed E-state index contributed by atoms with van der Waals surface area (Å²) in [6.07, 6.45) is 3.93. The number of para-hydroxylation sites is 1. The molecule has 1 heterocycles. The van der Waals surface area contributed by atoms with Crippen LogP contribution in [0.25, 0.3) is 0 Å². The Bertz CT molecular complexity index is 450. The van der Waals surface area contributed by atoms with Crippen molar-refractivity contribution in [2.24, 2.45) is 5.92 Å². The van der Waals surface area contributed by atoms with Crippen molar-refractivity contribution in [1.82, 2.24) is 0 Å². The summed E-state index contributed by atoms with van der Waals surface area (Å²) < 4.78 is 5.84. The van der Waals surface area contributed by atoms with E-state index in [1.165, 1.54) is 11.1 Å². The molecule has 0 saturated heterocycles. The van der Waals surface area contributed by atoms with Gasteiger partial charge in [-0.05, 0) is 36.3 Å². The number of benzene rings is 1. The van der Waals surface area contributed by atoms with Gasteiger partial charge in [0.05, 0.1) is 6.61 Å². The van der Waals surface area contributed by atoms with Crippen LogP contribution in [-0.4, -0.2) is 12.4 Å². The van der Waals surface area contributed by atoms with E-state index < -0.39 is 0 Å². The van der Waals surface area contributed by atoms with E-state index in [1.54, 1.807) is 0 Å². The van der Waals surface area contributed by atoms with Crippen LogP contribution < -0.4 is 4.74 Å². The number of ketones is 1. The third-order valence-corrected chi connectivity index (χ3v) is 4.18. The standard InChI is InChI=1S/C15H18O2/c1-10-12(7-8-14(10)16)13-6-2-4-11-5-3-9-17-15(11)13/h2,4,6,10,12H,3,5,7-9H2,1H3. The van der Waals surface area contributed by atoms with Gasteiger partial charge in [-0.1, -0.05) is 25.1 Å². The monoisotopic (exact) mass is 230 g/mol. The lowest BCUT2D eigenvalue weighted by Gasteiger charge is -2.24. The third-order valence-electron chi connectivity index (χ3n) is 4.18. The minimum atomic E-state index is 0.159. The molecule has 0 N–H and O–H groups in total. The van der Waals surface area contributed by atoms with Gasteiger partial charge in [0.2, 0.25) is 0 Å². The van der Waals surface area contributed by atoms with Gasteiger partial charge in [-0.15, -0.1) is 0 Å². The molecule has 2 heteroatoms. The van der Waals surface area contributed by atoms with E-state index in [0.29, 0.717) is 11.7 Å². The van der Waals surface area contributed by atoms with Gasteiger partial charge in [-0.2, -0.15) is 0 Å². The van der Waals surface area contributed by atoms with Crippen molar-refractivity contribution in [3.63, 3.8) is 0 Å². The van der Waals surface area contributed by atoms with Crippen LogP contribution in [0.1, 0.15) is 43.2 Å². The van der Waals surface area contributed by atoms with Gasteiger partial charge in [-0.25, -0.2) is 0 Å². The van der Waals surface area contributed by atoms with E-state index in [0.717, 1.165) is 38.0 Å². The molecule has 90 valence electrons. The van der Waals surface area contributed by atoms with Gasteiger partial charge >= 0.3 is 0 Å². The van der Waals surface area contributed by atoms with E-state index in [-0.39, 0.29) is 5.92 Å². The average Bonchev–Trinajstić information content (AvgIpc) is 2.69. The molecule has 0 aromatic heterocycles.